The highest BCUT2D eigenvalue weighted by Gasteiger charge is 2.28. The lowest BCUT2D eigenvalue weighted by Gasteiger charge is -2.34. The van der Waals surface area contributed by atoms with Gasteiger partial charge in [-0.1, -0.05) is 12.1 Å². The molecule has 1 N–H and O–H groups in total. The molecule has 2 aromatic rings. The van der Waals surface area contributed by atoms with E-state index in [1.54, 1.807) is 35.2 Å². The van der Waals surface area contributed by atoms with E-state index in [2.05, 4.69) is 0 Å². The number of rotatable bonds is 6. The minimum atomic E-state index is -0.959. The van der Waals surface area contributed by atoms with E-state index in [1.807, 2.05) is 0 Å². The minimum absolute atomic E-state index is 0.135. The predicted octanol–water partition coefficient (Wildman–Crippen LogP) is 2.72. The van der Waals surface area contributed by atoms with Crippen LogP contribution in [0, 0.1) is 5.82 Å². The van der Waals surface area contributed by atoms with E-state index in [9.17, 15) is 14.0 Å². The summed E-state index contributed by atoms with van der Waals surface area (Å²) in [5, 5.41) is 8.97. The standard InChI is InChI=1S/C19H20FNO5/c20-16-4-2-1-3-15(16)17-7-5-14(26-17)6-8-18(22)21-9-10-25-12-13(21)11-19(23)24/h1-5,7,13H,6,8-12H2,(H,23,24). The van der Waals surface area contributed by atoms with Gasteiger partial charge in [-0.3, -0.25) is 9.59 Å². The van der Waals surface area contributed by atoms with Gasteiger partial charge in [0.1, 0.15) is 17.3 Å². The van der Waals surface area contributed by atoms with Gasteiger partial charge in [0.05, 0.1) is 31.2 Å². The lowest BCUT2D eigenvalue weighted by Crippen LogP contribution is -2.49. The number of aryl methyl sites for hydroxylation is 1. The van der Waals surface area contributed by atoms with Crippen molar-refractivity contribution in [3.63, 3.8) is 0 Å². The van der Waals surface area contributed by atoms with Crippen LogP contribution in [0.2, 0.25) is 0 Å². The van der Waals surface area contributed by atoms with Crippen molar-refractivity contribution in [1.82, 2.24) is 4.90 Å². The van der Waals surface area contributed by atoms with E-state index in [-0.39, 0.29) is 31.2 Å². The maximum Gasteiger partial charge on any atom is 0.305 e. The maximum atomic E-state index is 13.8. The Kier molecular flexibility index (Phi) is 5.68. The number of carbonyl (C=O) groups excluding carboxylic acids is 1. The number of ether oxygens (including phenoxy) is 1. The van der Waals surface area contributed by atoms with Crippen molar-refractivity contribution in [2.24, 2.45) is 0 Å². The van der Waals surface area contributed by atoms with Crippen LogP contribution in [0.25, 0.3) is 11.3 Å². The molecule has 1 fully saturated rings. The summed E-state index contributed by atoms with van der Waals surface area (Å²) >= 11 is 0. The van der Waals surface area contributed by atoms with Crippen LogP contribution >= 0.6 is 0 Å². The Morgan fingerprint density at radius 1 is 1.23 bits per heavy atom. The molecular formula is C19H20FNO5. The zero-order valence-corrected chi connectivity index (χ0v) is 14.2. The van der Waals surface area contributed by atoms with Crippen molar-refractivity contribution in [2.75, 3.05) is 19.8 Å². The molecule has 0 saturated carbocycles. The summed E-state index contributed by atoms with van der Waals surface area (Å²) in [6.07, 6.45) is 0.425. The second-order valence-corrected chi connectivity index (χ2v) is 6.16. The number of nitrogens with zero attached hydrogens (tertiary/aromatic N) is 1. The smallest absolute Gasteiger partial charge is 0.305 e. The third-order valence-electron chi connectivity index (χ3n) is 4.34. The molecule has 1 aromatic heterocycles. The van der Waals surface area contributed by atoms with E-state index in [1.165, 1.54) is 6.07 Å². The zero-order chi connectivity index (χ0) is 18.5. The number of aliphatic carboxylic acids is 1. The zero-order valence-electron chi connectivity index (χ0n) is 14.2. The third kappa shape index (κ3) is 4.29. The number of halogens is 1. The van der Waals surface area contributed by atoms with Gasteiger partial charge in [0.15, 0.2) is 0 Å². The minimum Gasteiger partial charge on any atom is -0.481 e. The highest BCUT2D eigenvalue weighted by atomic mass is 19.1. The fraction of sp³-hybridized carbons (Fsp3) is 0.368. The van der Waals surface area contributed by atoms with E-state index in [0.29, 0.717) is 36.7 Å². The first-order valence-electron chi connectivity index (χ1n) is 8.47. The summed E-state index contributed by atoms with van der Waals surface area (Å²) in [4.78, 5) is 25.0. The van der Waals surface area contributed by atoms with Crippen molar-refractivity contribution in [2.45, 2.75) is 25.3 Å². The summed E-state index contributed by atoms with van der Waals surface area (Å²) in [6, 6.07) is 9.29. The molecule has 2 heterocycles. The number of amides is 1. The molecule has 1 unspecified atom stereocenters. The number of benzene rings is 1. The number of carboxylic acids is 1. The Morgan fingerprint density at radius 3 is 2.81 bits per heavy atom. The van der Waals surface area contributed by atoms with Crippen molar-refractivity contribution < 1.29 is 28.2 Å². The van der Waals surface area contributed by atoms with Crippen molar-refractivity contribution >= 4 is 11.9 Å². The van der Waals surface area contributed by atoms with Crippen molar-refractivity contribution in [1.29, 1.82) is 0 Å². The largest absolute Gasteiger partial charge is 0.481 e. The lowest BCUT2D eigenvalue weighted by atomic mass is 10.1. The number of furan rings is 1. The SMILES string of the molecule is O=C(O)CC1COCCN1C(=O)CCc1ccc(-c2ccccc2F)o1. The van der Waals surface area contributed by atoms with Crippen molar-refractivity contribution in [3.8, 4) is 11.3 Å². The molecule has 1 saturated heterocycles. The summed E-state index contributed by atoms with van der Waals surface area (Å²) < 4.78 is 24.7. The van der Waals surface area contributed by atoms with E-state index < -0.39 is 12.0 Å². The van der Waals surface area contributed by atoms with Gasteiger partial charge in [0.25, 0.3) is 0 Å². The molecule has 6 nitrogen and oxygen atoms in total. The maximum absolute atomic E-state index is 13.8. The highest BCUT2D eigenvalue weighted by Crippen LogP contribution is 2.25. The summed E-state index contributed by atoms with van der Waals surface area (Å²) in [7, 11) is 0. The van der Waals surface area contributed by atoms with Crippen LogP contribution in [0.1, 0.15) is 18.6 Å². The first-order chi connectivity index (χ1) is 12.5. The molecular weight excluding hydrogens is 341 g/mol. The second kappa shape index (κ2) is 8.14. The van der Waals surface area contributed by atoms with Crippen LogP contribution in [0.15, 0.2) is 40.8 Å². The van der Waals surface area contributed by atoms with Gasteiger partial charge in [0.2, 0.25) is 5.91 Å². The molecule has 26 heavy (non-hydrogen) atoms. The number of hydrogen-bond donors (Lipinski definition) is 1. The Labute approximate surface area is 150 Å². The molecule has 0 bridgehead atoms. The highest BCUT2D eigenvalue weighted by molar-refractivity contribution is 5.78. The molecule has 0 aliphatic carbocycles. The van der Waals surface area contributed by atoms with Gasteiger partial charge < -0.3 is 19.2 Å². The van der Waals surface area contributed by atoms with Gasteiger partial charge in [-0.05, 0) is 24.3 Å². The Bertz CT molecular complexity index is 788. The summed E-state index contributed by atoms with van der Waals surface area (Å²) in [5.41, 5.74) is 0.375. The first kappa shape index (κ1) is 18.1. The molecule has 1 aliphatic heterocycles. The van der Waals surface area contributed by atoms with Gasteiger partial charge in [-0.25, -0.2) is 4.39 Å². The normalized spacial score (nSPS) is 17.3. The molecule has 3 rings (SSSR count). The number of carbonyl (C=O) groups is 2. The van der Waals surface area contributed by atoms with Crippen LogP contribution in [0.3, 0.4) is 0 Å². The molecule has 7 heteroatoms. The van der Waals surface area contributed by atoms with E-state index in [0.717, 1.165) is 0 Å². The topological polar surface area (TPSA) is 80.0 Å². The molecule has 1 atom stereocenters. The van der Waals surface area contributed by atoms with Crippen LogP contribution in [0.5, 0.6) is 0 Å². The van der Waals surface area contributed by atoms with Crippen LogP contribution in [-0.4, -0.2) is 47.7 Å². The van der Waals surface area contributed by atoms with Crippen LogP contribution < -0.4 is 0 Å². The lowest BCUT2D eigenvalue weighted by molar-refractivity contribution is -0.146. The van der Waals surface area contributed by atoms with Gasteiger partial charge in [-0.2, -0.15) is 0 Å². The van der Waals surface area contributed by atoms with Crippen LogP contribution in [-0.2, 0) is 20.7 Å². The number of carboxylic acid groups (broad SMARTS) is 1. The van der Waals surface area contributed by atoms with Gasteiger partial charge >= 0.3 is 5.97 Å². The Morgan fingerprint density at radius 2 is 2.04 bits per heavy atom. The molecule has 1 amide bonds. The van der Waals surface area contributed by atoms with Gasteiger partial charge in [0, 0.05) is 19.4 Å². The number of morpholine rings is 1. The van der Waals surface area contributed by atoms with Crippen molar-refractivity contribution in [3.05, 3.63) is 48.0 Å². The quantitative estimate of drug-likeness (QED) is 0.856. The number of hydrogen-bond acceptors (Lipinski definition) is 4. The predicted molar refractivity (Wildman–Crippen MR) is 91.0 cm³/mol. The monoisotopic (exact) mass is 361 g/mol. The molecule has 0 spiro atoms. The first-order valence-corrected chi connectivity index (χ1v) is 8.47. The molecule has 138 valence electrons. The third-order valence-corrected chi connectivity index (χ3v) is 4.34. The van der Waals surface area contributed by atoms with E-state index in [4.69, 9.17) is 14.3 Å². The Hall–Kier alpha value is -2.67. The average molecular weight is 361 g/mol. The molecule has 1 aromatic carbocycles. The second-order valence-electron chi connectivity index (χ2n) is 6.16. The van der Waals surface area contributed by atoms with Gasteiger partial charge in [-0.15, -0.1) is 0 Å². The average Bonchev–Trinajstić information content (AvgIpc) is 3.09. The Balaban J connectivity index is 1.61. The fourth-order valence-electron chi connectivity index (χ4n) is 3.05. The van der Waals surface area contributed by atoms with E-state index >= 15 is 0 Å². The fourth-order valence-corrected chi connectivity index (χ4v) is 3.05. The molecule has 1 aliphatic rings. The summed E-state index contributed by atoms with van der Waals surface area (Å²) in [5.74, 6) is -0.461. The molecule has 0 radical (unpaired) electrons. The van der Waals surface area contributed by atoms with Crippen LogP contribution in [0.4, 0.5) is 4.39 Å². The summed E-state index contributed by atoms with van der Waals surface area (Å²) in [6.45, 7) is 1.02.